The second kappa shape index (κ2) is 6.43. The monoisotopic (exact) mass is 265 g/mol. The second-order valence-electron chi connectivity index (χ2n) is 4.56. The van der Waals surface area contributed by atoms with Crippen molar-refractivity contribution in [1.29, 1.82) is 0 Å². The van der Waals surface area contributed by atoms with Crippen LogP contribution in [0, 0.1) is 0 Å². The number of rotatable bonds is 7. The molecule has 1 atom stereocenters. The highest BCUT2D eigenvalue weighted by molar-refractivity contribution is 5.73. The molecule has 0 fully saturated rings. The lowest BCUT2D eigenvalue weighted by molar-refractivity contribution is -0.139. The minimum absolute atomic E-state index is 0.227. The second-order valence-corrected chi connectivity index (χ2v) is 4.56. The van der Waals surface area contributed by atoms with Gasteiger partial charge in [-0.1, -0.05) is 31.9 Å². The summed E-state index contributed by atoms with van der Waals surface area (Å²) in [6.07, 6.45) is 2.53. The third-order valence-corrected chi connectivity index (χ3v) is 3.16. The Morgan fingerprint density at radius 3 is 3.05 bits per heavy atom. The molecule has 5 heteroatoms. The summed E-state index contributed by atoms with van der Waals surface area (Å²) in [5.74, 6) is 0.632. The lowest BCUT2D eigenvalue weighted by Gasteiger charge is -2.14. The zero-order valence-corrected chi connectivity index (χ0v) is 11.0. The van der Waals surface area contributed by atoms with Crippen LogP contribution >= 0.6 is 0 Å². The van der Waals surface area contributed by atoms with Crippen LogP contribution in [-0.2, 0) is 11.3 Å². The molecular weight excluding hydrogens is 246 g/mol. The molecule has 0 saturated carbocycles. The van der Waals surface area contributed by atoms with Crippen molar-refractivity contribution in [3.63, 3.8) is 0 Å². The molecule has 19 heavy (non-hydrogen) atoms. The molecular formula is C14H19NO4. The van der Waals surface area contributed by atoms with Crippen LogP contribution in [0.1, 0.15) is 31.7 Å². The van der Waals surface area contributed by atoms with Gasteiger partial charge in [-0.3, -0.25) is 4.79 Å². The van der Waals surface area contributed by atoms with Crippen LogP contribution in [-0.4, -0.2) is 23.9 Å². The van der Waals surface area contributed by atoms with Gasteiger partial charge >= 0.3 is 5.97 Å². The number of hydrogen-bond donors (Lipinski definition) is 2. The number of ether oxygens (including phenoxy) is 2. The molecule has 0 bridgehead atoms. The average Bonchev–Trinajstić information content (AvgIpc) is 2.87. The molecule has 104 valence electrons. The molecule has 5 nitrogen and oxygen atoms in total. The van der Waals surface area contributed by atoms with E-state index in [9.17, 15) is 4.79 Å². The number of nitrogens with one attached hydrogen (secondary N) is 1. The number of aliphatic carboxylic acids is 1. The molecule has 0 aromatic heterocycles. The molecule has 2 N–H and O–H groups in total. The zero-order valence-electron chi connectivity index (χ0n) is 11.0. The Bertz CT molecular complexity index is 447. The van der Waals surface area contributed by atoms with Crippen molar-refractivity contribution in [2.45, 2.75) is 38.8 Å². The maximum atomic E-state index is 11.1. The molecule has 2 rings (SSSR count). The Hall–Kier alpha value is -1.75. The third kappa shape index (κ3) is 3.38. The quantitative estimate of drug-likeness (QED) is 0.790. The van der Waals surface area contributed by atoms with E-state index in [-0.39, 0.29) is 6.79 Å². The molecule has 0 radical (unpaired) electrons. The van der Waals surface area contributed by atoms with Gasteiger partial charge in [-0.15, -0.1) is 0 Å². The summed E-state index contributed by atoms with van der Waals surface area (Å²) in [4.78, 5) is 11.1. The van der Waals surface area contributed by atoms with E-state index in [0.29, 0.717) is 13.0 Å². The fourth-order valence-electron chi connectivity index (χ4n) is 2.08. The largest absolute Gasteiger partial charge is 0.480 e. The maximum Gasteiger partial charge on any atom is 0.320 e. The Labute approximate surface area is 112 Å². The first-order valence-corrected chi connectivity index (χ1v) is 6.56. The van der Waals surface area contributed by atoms with Crippen LogP contribution in [0.5, 0.6) is 11.5 Å². The van der Waals surface area contributed by atoms with E-state index in [4.69, 9.17) is 14.6 Å². The van der Waals surface area contributed by atoms with Gasteiger partial charge in [-0.25, -0.2) is 0 Å². The standard InChI is InChI=1S/C14H19NO4/c1-2-3-6-11(14(16)17)15-8-10-5-4-7-12-13(10)19-9-18-12/h4-5,7,11,15H,2-3,6,8-9H2,1H3,(H,16,17). The van der Waals surface area contributed by atoms with Gasteiger partial charge in [0.05, 0.1) is 0 Å². The zero-order chi connectivity index (χ0) is 13.7. The van der Waals surface area contributed by atoms with Crippen molar-refractivity contribution in [1.82, 2.24) is 5.32 Å². The van der Waals surface area contributed by atoms with Crippen molar-refractivity contribution in [3.05, 3.63) is 23.8 Å². The van der Waals surface area contributed by atoms with Crippen LogP contribution in [0.25, 0.3) is 0 Å². The van der Waals surface area contributed by atoms with Crippen molar-refractivity contribution < 1.29 is 19.4 Å². The Kier molecular flexibility index (Phi) is 4.63. The molecule has 1 aliphatic rings. The first-order chi connectivity index (χ1) is 9.22. The van der Waals surface area contributed by atoms with Gasteiger partial charge in [0, 0.05) is 12.1 Å². The normalized spacial score (nSPS) is 14.4. The van der Waals surface area contributed by atoms with Gasteiger partial charge in [0.1, 0.15) is 6.04 Å². The van der Waals surface area contributed by atoms with Crippen LogP contribution in [0.3, 0.4) is 0 Å². The van der Waals surface area contributed by atoms with E-state index in [1.165, 1.54) is 0 Å². The number of unbranched alkanes of at least 4 members (excludes halogenated alkanes) is 1. The van der Waals surface area contributed by atoms with Gasteiger partial charge in [0.25, 0.3) is 0 Å². The highest BCUT2D eigenvalue weighted by Gasteiger charge is 2.20. The number of carboxylic acid groups (broad SMARTS) is 1. The van der Waals surface area contributed by atoms with E-state index in [1.54, 1.807) is 0 Å². The molecule has 1 aromatic rings. The summed E-state index contributed by atoms with van der Waals surface area (Å²) in [6, 6.07) is 5.13. The van der Waals surface area contributed by atoms with Crippen molar-refractivity contribution in [2.75, 3.05) is 6.79 Å². The summed E-state index contributed by atoms with van der Waals surface area (Å²) in [5, 5.41) is 12.2. The molecule has 1 aromatic carbocycles. The Morgan fingerprint density at radius 2 is 2.32 bits per heavy atom. The predicted molar refractivity (Wildman–Crippen MR) is 70.4 cm³/mol. The third-order valence-electron chi connectivity index (χ3n) is 3.16. The van der Waals surface area contributed by atoms with Gasteiger partial charge in [0.15, 0.2) is 11.5 Å². The van der Waals surface area contributed by atoms with E-state index >= 15 is 0 Å². The van der Waals surface area contributed by atoms with Gasteiger partial charge in [-0.05, 0) is 12.5 Å². The van der Waals surface area contributed by atoms with Gasteiger partial charge in [-0.2, -0.15) is 0 Å². The number of carboxylic acids is 1. The summed E-state index contributed by atoms with van der Waals surface area (Å²) in [7, 11) is 0. The highest BCUT2D eigenvalue weighted by Crippen LogP contribution is 2.35. The predicted octanol–water partition coefficient (Wildman–Crippen LogP) is 2.15. The van der Waals surface area contributed by atoms with Gasteiger partial charge in [0.2, 0.25) is 6.79 Å². The van der Waals surface area contributed by atoms with Crippen LogP contribution in [0.15, 0.2) is 18.2 Å². The van der Waals surface area contributed by atoms with E-state index < -0.39 is 12.0 Å². The topological polar surface area (TPSA) is 67.8 Å². The van der Waals surface area contributed by atoms with E-state index in [1.807, 2.05) is 25.1 Å². The molecule has 1 heterocycles. The summed E-state index contributed by atoms with van der Waals surface area (Å²) in [5.41, 5.74) is 0.928. The SMILES string of the molecule is CCCCC(NCc1cccc2c1OCO2)C(=O)O. The van der Waals surface area contributed by atoms with Crippen LogP contribution in [0.4, 0.5) is 0 Å². The minimum Gasteiger partial charge on any atom is -0.480 e. The molecule has 1 aliphatic heterocycles. The molecule has 1 unspecified atom stereocenters. The van der Waals surface area contributed by atoms with Gasteiger partial charge < -0.3 is 19.9 Å². The van der Waals surface area contributed by atoms with Crippen LogP contribution < -0.4 is 14.8 Å². The number of carbonyl (C=O) groups is 1. The van der Waals surface area contributed by atoms with E-state index in [2.05, 4.69) is 5.32 Å². The number of hydrogen-bond acceptors (Lipinski definition) is 4. The highest BCUT2D eigenvalue weighted by atomic mass is 16.7. The summed E-state index contributed by atoms with van der Waals surface area (Å²) in [6.45, 7) is 2.74. The summed E-state index contributed by atoms with van der Waals surface area (Å²) < 4.78 is 10.7. The van der Waals surface area contributed by atoms with E-state index in [0.717, 1.165) is 29.9 Å². The lowest BCUT2D eigenvalue weighted by Crippen LogP contribution is -2.36. The number of benzene rings is 1. The molecule has 0 saturated heterocycles. The lowest BCUT2D eigenvalue weighted by atomic mass is 10.1. The Balaban J connectivity index is 1.97. The van der Waals surface area contributed by atoms with Crippen LogP contribution in [0.2, 0.25) is 0 Å². The van der Waals surface area contributed by atoms with Crippen molar-refractivity contribution >= 4 is 5.97 Å². The summed E-state index contributed by atoms with van der Waals surface area (Å²) >= 11 is 0. The minimum atomic E-state index is -0.807. The fraction of sp³-hybridized carbons (Fsp3) is 0.500. The molecule has 0 spiro atoms. The Morgan fingerprint density at radius 1 is 1.47 bits per heavy atom. The van der Waals surface area contributed by atoms with Crippen molar-refractivity contribution in [2.24, 2.45) is 0 Å². The number of para-hydroxylation sites is 1. The van der Waals surface area contributed by atoms with Crippen molar-refractivity contribution in [3.8, 4) is 11.5 Å². The average molecular weight is 265 g/mol. The first kappa shape index (κ1) is 13.7. The number of fused-ring (bicyclic) bond motifs is 1. The maximum absolute atomic E-state index is 11.1. The molecule has 0 aliphatic carbocycles. The molecule has 0 amide bonds. The fourth-order valence-corrected chi connectivity index (χ4v) is 2.08. The first-order valence-electron chi connectivity index (χ1n) is 6.56. The smallest absolute Gasteiger partial charge is 0.320 e.